The average Bonchev–Trinajstić information content (AvgIpc) is 2.61. The van der Waals surface area contributed by atoms with Crippen molar-refractivity contribution >= 4 is 5.97 Å². The molecule has 0 amide bonds. The molecule has 0 aromatic rings. The van der Waals surface area contributed by atoms with Crippen LogP contribution >= 0.6 is 0 Å². The highest BCUT2D eigenvalue weighted by Crippen LogP contribution is 2.11. The fourth-order valence-corrected chi connectivity index (χ4v) is 2.24. The number of nitrogens with one attached hydrogen (secondary N) is 1. The van der Waals surface area contributed by atoms with E-state index in [4.69, 9.17) is 9.90 Å². The van der Waals surface area contributed by atoms with E-state index in [1.165, 1.54) is 38.8 Å². The van der Waals surface area contributed by atoms with E-state index in [2.05, 4.69) is 0 Å². The molecule has 2 saturated heterocycles. The summed E-state index contributed by atoms with van der Waals surface area (Å²) in [5.74, 6) is -3.01. The van der Waals surface area contributed by atoms with Crippen molar-refractivity contribution in [1.82, 2.24) is 0 Å². The lowest BCUT2D eigenvalue weighted by Crippen LogP contribution is -3.11. The van der Waals surface area contributed by atoms with Crippen LogP contribution in [0.5, 0.6) is 0 Å². The zero-order valence-corrected chi connectivity index (χ0v) is 8.27. The molecule has 0 aromatic carbocycles. The lowest BCUT2D eigenvalue weighted by molar-refractivity contribution is -0.898. The number of carbonyl (C=O) groups is 1. The van der Waals surface area contributed by atoms with Crippen LogP contribution in [-0.2, 0) is 4.79 Å². The highest BCUT2D eigenvalue weighted by molar-refractivity contribution is 5.70. The number of hydrogen-bond donors (Lipinski definition) is 1. The minimum atomic E-state index is -5.19. The summed E-state index contributed by atoms with van der Waals surface area (Å²) < 4.78 is 31.5. The first kappa shape index (κ1) is 12.3. The van der Waals surface area contributed by atoms with E-state index >= 15 is 0 Å². The van der Waals surface area contributed by atoms with Crippen molar-refractivity contribution < 1.29 is 28.0 Å². The van der Waals surface area contributed by atoms with Crippen LogP contribution in [-0.4, -0.2) is 31.3 Å². The zero-order chi connectivity index (χ0) is 11.5. The quantitative estimate of drug-likeness (QED) is 0.582. The normalized spacial score (nSPS) is 29.3. The second kappa shape index (κ2) is 4.83. The van der Waals surface area contributed by atoms with E-state index in [-0.39, 0.29) is 0 Å². The van der Waals surface area contributed by atoms with Gasteiger partial charge >= 0.3 is 6.18 Å². The molecule has 88 valence electrons. The number of halogens is 3. The maximum atomic E-state index is 10.5. The first-order valence-corrected chi connectivity index (χ1v) is 5.04. The maximum absolute atomic E-state index is 10.5. The number of carboxylic acids is 1. The molecule has 3 nitrogen and oxygen atoms in total. The minimum Gasteiger partial charge on any atom is -0.542 e. The summed E-state index contributed by atoms with van der Waals surface area (Å²) in [6.45, 7) is 2.95. The third kappa shape index (κ3) is 3.70. The minimum absolute atomic E-state index is 1.09. The van der Waals surface area contributed by atoms with Crippen LogP contribution in [0.3, 0.4) is 0 Å². The standard InChI is InChI=1S/C7H13N.C2HF3O2/c1-3-7-4-2-6-8(7)5-1;3-2(4,5)1(6)7/h7H,1-6H2;(H,6,7). The summed E-state index contributed by atoms with van der Waals surface area (Å²) >= 11 is 0. The van der Waals surface area contributed by atoms with Gasteiger partial charge in [-0.3, -0.25) is 0 Å². The number of carbonyl (C=O) groups excluding carboxylic acids is 1. The van der Waals surface area contributed by atoms with E-state index < -0.39 is 12.1 Å². The summed E-state index contributed by atoms with van der Waals surface area (Å²) in [6.07, 6.45) is 0.852. The van der Waals surface area contributed by atoms with Gasteiger partial charge in [0.05, 0.1) is 19.1 Å². The second-order valence-electron chi connectivity index (χ2n) is 3.92. The van der Waals surface area contributed by atoms with Crippen molar-refractivity contribution in [2.45, 2.75) is 37.9 Å². The van der Waals surface area contributed by atoms with Gasteiger partial charge in [-0.2, -0.15) is 13.2 Å². The molecule has 15 heavy (non-hydrogen) atoms. The molecular weight excluding hydrogens is 211 g/mol. The van der Waals surface area contributed by atoms with Crippen molar-refractivity contribution in [1.29, 1.82) is 0 Å². The van der Waals surface area contributed by atoms with Crippen molar-refractivity contribution in [3.63, 3.8) is 0 Å². The van der Waals surface area contributed by atoms with Gasteiger partial charge in [-0.25, -0.2) is 0 Å². The van der Waals surface area contributed by atoms with E-state index in [1.54, 1.807) is 0 Å². The highest BCUT2D eigenvalue weighted by atomic mass is 19.4. The predicted octanol–water partition coefficient (Wildman–Crippen LogP) is -0.874. The van der Waals surface area contributed by atoms with Crippen LogP contribution in [0.25, 0.3) is 0 Å². The van der Waals surface area contributed by atoms with Crippen molar-refractivity contribution in [2.75, 3.05) is 13.1 Å². The molecule has 2 rings (SSSR count). The molecule has 0 aromatic heterocycles. The van der Waals surface area contributed by atoms with Gasteiger partial charge in [0.15, 0.2) is 0 Å². The Morgan fingerprint density at radius 3 is 1.87 bits per heavy atom. The number of carboxylic acid groups (broad SMARTS) is 1. The molecular formula is C9H14F3NO2. The first-order chi connectivity index (χ1) is 6.91. The number of hydrogen-bond acceptors (Lipinski definition) is 2. The van der Waals surface area contributed by atoms with Crippen molar-refractivity contribution in [3.05, 3.63) is 0 Å². The van der Waals surface area contributed by atoms with Crippen LogP contribution in [0.4, 0.5) is 13.2 Å². The summed E-state index contributed by atoms with van der Waals surface area (Å²) in [5.41, 5.74) is 0. The van der Waals surface area contributed by atoms with Crippen LogP contribution < -0.4 is 10.0 Å². The molecule has 0 saturated carbocycles. The molecule has 2 aliphatic heterocycles. The number of alkyl halides is 3. The molecule has 0 spiro atoms. The Balaban J connectivity index is 0.000000153. The highest BCUT2D eigenvalue weighted by Gasteiger charge is 2.32. The van der Waals surface area contributed by atoms with Crippen molar-refractivity contribution in [3.8, 4) is 0 Å². The Morgan fingerprint density at radius 1 is 1.20 bits per heavy atom. The Morgan fingerprint density at radius 2 is 1.60 bits per heavy atom. The first-order valence-electron chi connectivity index (χ1n) is 5.04. The van der Waals surface area contributed by atoms with Crippen LogP contribution in [0.15, 0.2) is 0 Å². The number of quaternary nitrogens is 1. The van der Waals surface area contributed by atoms with Gasteiger partial charge in [-0.1, -0.05) is 0 Å². The summed E-state index contributed by atoms with van der Waals surface area (Å²) in [4.78, 5) is 10.7. The monoisotopic (exact) mass is 225 g/mol. The van der Waals surface area contributed by atoms with Gasteiger partial charge in [0, 0.05) is 25.7 Å². The van der Waals surface area contributed by atoms with Crippen LogP contribution in [0.1, 0.15) is 25.7 Å². The van der Waals surface area contributed by atoms with Gasteiger partial charge in [0.25, 0.3) is 0 Å². The molecule has 0 unspecified atom stereocenters. The SMILES string of the molecule is C1CC2CCC[NH+]2C1.O=C([O-])C(F)(F)F. The lowest BCUT2D eigenvalue weighted by Gasteiger charge is -2.09. The molecule has 6 heteroatoms. The zero-order valence-electron chi connectivity index (χ0n) is 8.27. The Hall–Kier alpha value is -0.780. The van der Waals surface area contributed by atoms with E-state index in [0.29, 0.717) is 0 Å². The van der Waals surface area contributed by atoms with Crippen molar-refractivity contribution in [2.24, 2.45) is 0 Å². The lowest BCUT2D eigenvalue weighted by atomic mass is 10.2. The van der Waals surface area contributed by atoms with Crippen LogP contribution in [0, 0.1) is 0 Å². The Labute approximate surface area is 85.9 Å². The molecule has 0 atom stereocenters. The maximum Gasteiger partial charge on any atom is 0.430 e. The number of aliphatic carboxylic acids is 1. The molecule has 1 N–H and O–H groups in total. The molecule has 2 fully saturated rings. The van der Waals surface area contributed by atoms with Gasteiger partial charge < -0.3 is 14.8 Å². The fraction of sp³-hybridized carbons (Fsp3) is 0.889. The Bertz CT molecular complexity index is 210. The average molecular weight is 225 g/mol. The van der Waals surface area contributed by atoms with E-state index in [0.717, 1.165) is 6.04 Å². The second-order valence-corrected chi connectivity index (χ2v) is 3.92. The molecule has 0 aliphatic carbocycles. The summed E-state index contributed by atoms with van der Waals surface area (Å²) in [6, 6.07) is 1.09. The van der Waals surface area contributed by atoms with Gasteiger partial charge in [-0.05, 0) is 0 Å². The van der Waals surface area contributed by atoms with E-state index in [1.807, 2.05) is 4.90 Å². The summed E-state index contributed by atoms with van der Waals surface area (Å²) in [5, 5.41) is 8.78. The van der Waals surface area contributed by atoms with Crippen LogP contribution in [0.2, 0.25) is 0 Å². The largest absolute Gasteiger partial charge is 0.542 e. The van der Waals surface area contributed by atoms with Gasteiger partial charge in [0.2, 0.25) is 0 Å². The third-order valence-electron chi connectivity index (χ3n) is 2.91. The predicted molar refractivity (Wildman–Crippen MR) is 44.0 cm³/mol. The molecule has 2 aliphatic rings. The Kier molecular flexibility index (Phi) is 3.96. The van der Waals surface area contributed by atoms with E-state index in [9.17, 15) is 13.2 Å². The molecule has 0 radical (unpaired) electrons. The van der Waals surface area contributed by atoms with Gasteiger partial charge in [0.1, 0.15) is 5.97 Å². The topological polar surface area (TPSA) is 44.6 Å². The third-order valence-corrected chi connectivity index (χ3v) is 2.91. The molecule has 0 bridgehead atoms. The number of rotatable bonds is 0. The fourth-order valence-electron chi connectivity index (χ4n) is 2.24. The smallest absolute Gasteiger partial charge is 0.430 e. The number of fused-ring (bicyclic) bond motifs is 1. The summed E-state index contributed by atoms with van der Waals surface area (Å²) in [7, 11) is 0. The molecule has 2 heterocycles. The van der Waals surface area contributed by atoms with Gasteiger partial charge in [-0.15, -0.1) is 0 Å².